The van der Waals surface area contributed by atoms with Gasteiger partial charge in [0.2, 0.25) is 0 Å². The predicted octanol–water partition coefficient (Wildman–Crippen LogP) is 12.7. The Morgan fingerprint density at radius 2 is 1.22 bits per heavy atom. The Hall–Kier alpha value is -5.18. The molecule has 0 unspecified atom stereocenters. The molecular formula is C43H31NS. The Labute approximate surface area is 267 Å². The summed E-state index contributed by atoms with van der Waals surface area (Å²) in [5.41, 5.74) is 11.3. The summed E-state index contributed by atoms with van der Waals surface area (Å²) in [6.07, 6.45) is 0. The summed E-state index contributed by atoms with van der Waals surface area (Å²) in [7, 11) is 0. The second-order valence-electron chi connectivity index (χ2n) is 12.6. The van der Waals surface area contributed by atoms with Crippen LogP contribution in [0.2, 0.25) is 0 Å². The van der Waals surface area contributed by atoms with E-state index in [9.17, 15) is 0 Å². The molecular weight excluding hydrogens is 563 g/mol. The number of benzene rings is 7. The highest BCUT2D eigenvalue weighted by Crippen LogP contribution is 2.52. The lowest BCUT2D eigenvalue weighted by molar-refractivity contribution is 0.660. The van der Waals surface area contributed by atoms with Crippen molar-refractivity contribution in [1.29, 1.82) is 0 Å². The molecule has 0 radical (unpaired) electrons. The van der Waals surface area contributed by atoms with Crippen molar-refractivity contribution >= 4 is 59.3 Å². The van der Waals surface area contributed by atoms with Crippen LogP contribution in [0, 0.1) is 0 Å². The van der Waals surface area contributed by atoms with Gasteiger partial charge in [-0.25, -0.2) is 0 Å². The molecule has 1 aliphatic carbocycles. The van der Waals surface area contributed by atoms with Gasteiger partial charge in [-0.2, -0.15) is 0 Å². The summed E-state index contributed by atoms with van der Waals surface area (Å²) in [5, 5.41) is 5.20. The van der Waals surface area contributed by atoms with Crippen molar-refractivity contribution in [3.63, 3.8) is 0 Å². The molecule has 0 bridgehead atoms. The molecule has 1 aliphatic rings. The average molecular weight is 594 g/mol. The maximum Gasteiger partial charge on any atom is 0.0554 e. The van der Waals surface area contributed by atoms with Gasteiger partial charge in [-0.15, -0.1) is 11.3 Å². The van der Waals surface area contributed by atoms with E-state index in [0.29, 0.717) is 0 Å². The van der Waals surface area contributed by atoms with E-state index in [1.807, 2.05) is 11.3 Å². The van der Waals surface area contributed by atoms with E-state index in [4.69, 9.17) is 0 Å². The topological polar surface area (TPSA) is 3.24 Å². The summed E-state index contributed by atoms with van der Waals surface area (Å²) in [4.78, 5) is 2.47. The van der Waals surface area contributed by atoms with E-state index in [0.717, 1.165) is 5.69 Å². The monoisotopic (exact) mass is 593 g/mol. The van der Waals surface area contributed by atoms with Crippen molar-refractivity contribution < 1.29 is 0 Å². The van der Waals surface area contributed by atoms with E-state index in [1.165, 1.54) is 75.7 Å². The van der Waals surface area contributed by atoms with Crippen molar-refractivity contribution in [2.24, 2.45) is 0 Å². The van der Waals surface area contributed by atoms with Crippen LogP contribution >= 0.6 is 11.3 Å². The van der Waals surface area contributed by atoms with Crippen molar-refractivity contribution in [3.8, 4) is 22.3 Å². The molecule has 0 saturated heterocycles. The molecule has 0 saturated carbocycles. The number of hydrogen-bond acceptors (Lipinski definition) is 2. The molecule has 1 heterocycles. The zero-order chi connectivity index (χ0) is 30.1. The average Bonchev–Trinajstić information content (AvgIpc) is 3.58. The van der Waals surface area contributed by atoms with Gasteiger partial charge in [0.15, 0.2) is 0 Å². The molecule has 0 aliphatic heterocycles. The minimum Gasteiger partial charge on any atom is -0.310 e. The lowest BCUT2D eigenvalue weighted by Gasteiger charge is -2.29. The maximum absolute atomic E-state index is 2.47. The number of thiophene rings is 1. The van der Waals surface area contributed by atoms with Gasteiger partial charge in [-0.3, -0.25) is 0 Å². The number of rotatable bonds is 4. The van der Waals surface area contributed by atoms with Crippen LogP contribution < -0.4 is 4.90 Å². The first-order chi connectivity index (χ1) is 22.1. The van der Waals surface area contributed by atoms with Crippen LogP contribution in [0.1, 0.15) is 25.0 Å². The lowest BCUT2D eigenvalue weighted by atomic mass is 9.82. The SMILES string of the molecule is CC1(C)c2ccccc2-c2ccc(N(c3ccc(-c4ccccc4)cc3)c3cccc4ccc5c6ccccc6sc5c34)cc21. The van der Waals surface area contributed by atoms with E-state index in [-0.39, 0.29) is 5.41 Å². The van der Waals surface area contributed by atoms with E-state index >= 15 is 0 Å². The van der Waals surface area contributed by atoms with Crippen LogP contribution in [0.15, 0.2) is 152 Å². The largest absolute Gasteiger partial charge is 0.310 e. The molecule has 0 spiro atoms. The Balaban J connectivity index is 1.30. The molecule has 9 rings (SSSR count). The van der Waals surface area contributed by atoms with Crippen LogP contribution in [-0.4, -0.2) is 0 Å². The highest BCUT2D eigenvalue weighted by atomic mass is 32.1. The van der Waals surface area contributed by atoms with Gasteiger partial charge < -0.3 is 4.90 Å². The normalized spacial score (nSPS) is 13.3. The van der Waals surface area contributed by atoms with Gasteiger partial charge in [0, 0.05) is 42.3 Å². The fraction of sp³-hybridized carbons (Fsp3) is 0.0698. The molecule has 1 nitrogen and oxygen atoms in total. The summed E-state index contributed by atoms with van der Waals surface area (Å²) >= 11 is 1.90. The van der Waals surface area contributed by atoms with Crippen molar-refractivity contribution in [2.45, 2.75) is 19.3 Å². The number of fused-ring (bicyclic) bond motifs is 8. The molecule has 0 amide bonds. The van der Waals surface area contributed by atoms with Gasteiger partial charge in [0.1, 0.15) is 0 Å². The summed E-state index contributed by atoms with van der Waals surface area (Å²) in [6.45, 7) is 4.72. The third-order valence-corrected chi connectivity index (χ3v) is 10.9. The minimum absolute atomic E-state index is 0.0811. The molecule has 1 aromatic heterocycles. The maximum atomic E-state index is 2.47. The van der Waals surface area contributed by atoms with Crippen molar-refractivity contribution in [2.75, 3.05) is 4.90 Å². The summed E-state index contributed by atoms with van der Waals surface area (Å²) in [5.74, 6) is 0. The second kappa shape index (κ2) is 9.92. The number of nitrogens with zero attached hydrogens (tertiary/aromatic N) is 1. The van der Waals surface area contributed by atoms with E-state index in [2.05, 4.69) is 170 Å². The van der Waals surface area contributed by atoms with Crippen molar-refractivity contribution in [1.82, 2.24) is 0 Å². The minimum atomic E-state index is -0.0811. The van der Waals surface area contributed by atoms with Crippen LogP contribution in [-0.2, 0) is 5.41 Å². The molecule has 45 heavy (non-hydrogen) atoms. The van der Waals surface area contributed by atoms with Crippen LogP contribution in [0.5, 0.6) is 0 Å². The first-order valence-corrected chi connectivity index (χ1v) is 16.4. The Kier molecular flexibility index (Phi) is 5.78. The Morgan fingerprint density at radius 3 is 2.09 bits per heavy atom. The van der Waals surface area contributed by atoms with Gasteiger partial charge >= 0.3 is 0 Å². The number of anilines is 3. The third-order valence-electron chi connectivity index (χ3n) is 9.66. The smallest absolute Gasteiger partial charge is 0.0554 e. The molecule has 2 heteroatoms. The highest BCUT2D eigenvalue weighted by molar-refractivity contribution is 7.26. The number of hydrogen-bond donors (Lipinski definition) is 0. The summed E-state index contributed by atoms with van der Waals surface area (Å²) < 4.78 is 2.66. The van der Waals surface area contributed by atoms with E-state index < -0.39 is 0 Å². The first kappa shape index (κ1) is 26.2. The molecule has 7 aromatic carbocycles. The van der Waals surface area contributed by atoms with Crippen LogP contribution in [0.3, 0.4) is 0 Å². The second-order valence-corrected chi connectivity index (χ2v) is 13.6. The molecule has 214 valence electrons. The van der Waals surface area contributed by atoms with Gasteiger partial charge in [-0.05, 0) is 75.2 Å². The molecule has 0 N–H and O–H groups in total. The Morgan fingerprint density at radius 1 is 0.511 bits per heavy atom. The van der Waals surface area contributed by atoms with Gasteiger partial charge in [0.05, 0.1) is 5.69 Å². The van der Waals surface area contributed by atoms with Crippen molar-refractivity contribution in [3.05, 3.63) is 163 Å². The van der Waals surface area contributed by atoms with Crippen LogP contribution in [0.25, 0.3) is 53.2 Å². The first-order valence-electron chi connectivity index (χ1n) is 15.6. The zero-order valence-corrected chi connectivity index (χ0v) is 26.1. The molecule has 0 fully saturated rings. The van der Waals surface area contributed by atoms with Crippen LogP contribution in [0.4, 0.5) is 17.1 Å². The van der Waals surface area contributed by atoms with Gasteiger partial charge in [0.25, 0.3) is 0 Å². The fourth-order valence-electron chi connectivity index (χ4n) is 7.41. The molecule has 0 atom stereocenters. The third kappa shape index (κ3) is 3.99. The molecule has 8 aromatic rings. The lowest BCUT2D eigenvalue weighted by Crippen LogP contribution is -2.16. The van der Waals surface area contributed by atoms with Gasteiger partial charge in [-0.1, -0.05) is 129 Å². The highest BCUT2D eigenvalue weighted by Gasteiger charge is 2.35. The fourth-order valence-corrected chi connectivity index (χ4v) is 8.68. The zero-order valence-electron chi connectivity index (χ0n) is 25.3. The quantitative estimate of drug-likeness (QED) is 0.196. The van der Waals surface area contributed by atoms with E-state index in [1.54, 1.807) is 0 Å². The predicted molar refractivity (Wildman–Crippen MR) is 195 cm³/mol. The summed E-state index contributed by atoms with van der Waals surface area (Å²) in [6, 6.07) is 55.8. The standard InChI is InChI=1S/C43H31NS/c1-43(2)37-16-8-6-14-33(37)34-26-24-32(27-38(34)43)44(31-22-19-29(20-23-31)28-11-4-3-5-12-28)39-17-10-13-30-21-25-36-35-15-7-9-18-40(35)45-42(36)41(30)39/h3-27H,1-2H3. The Bertz CT molecular complexity index is 2400.